The van der Waals surface area contributed by atoms with Crippen LogP contribution in [0.25, 0.3) is 11.1 Å². The molecule has 1 N–H and O–H groups in total. The molecule has 1 radical (unpaired) electrons. The smallest absolute Gasteiger partial charge is 0.127 e. The lowest BCUT2D eigenvalue weighted by Gasteiger charge is -2.01. The van der Waals surface area contributed by atoms with Gasteiger partial charge in [0.2, 0.25) is 0 Å². The Morgan fingerprint density at radius 2 is 1.85 bits per heavy atom. The van der Waals surface area contributed by atoms with Crippen LogP contribution in [0.5, 0.6) is 5.75 Å². The van der Waals surface area contributed by atoms with E-state index >= 15 is 0 Å². The van der Waals surface area contributed by atoms with Gasteiger partial charge in [0.1, 0.15) is 11.9 Å². The van der Waals surface area contributed by atoms with Crippen LogP contribution in [0.2, 0.25) is 0 Å². The topological polar surface area (TPSA) is 33.1 Å². The molecule has 0 saturated heterocycles. The molecule has 0 spiro atoms. The van der Waals surface area contributed by atoms with Gasteiger partial charge in [-0.3, -0.25) is 4.98 Å². The zero-order valence-corrected chi connectivity index (χ0v) is 6.94. The molecule has 63 valence electrons. The Hall–Kier alpha value is -1.83. The van der Waals surface area contributed by atoms with Gasteiger partial charge in [0.15, 0.2) is 0 Å². The van der Waals surface area contributed by atoms with E-state index in [1.165, 1.54) is 6.20 Å². The highest BCUT2D eigenvalue weighted by molar-refractivity contribution is 5.67. The van der Waals surface area contributed by atoms with Crippen LogP contribution in [-0.4, -0.2) is 10.1 Å². The van der Waals surface area contributed by atoms with Gasteiger partial charge in [0.25, 0.3) is 0 Å². The molecule has 0 aliphatic carbocycles. The highest BCUT2D eigenvalue weighted by Gasteiger charge is 2.02. The summed E-state index contributed by atoms with van der Waals surface area (Å²) in [6.45, 7) is 0. The molecule has 2 aromatic rings. The van der Waals surface area contributed by atoms with Crippen LogP contribution in [0.4, 0.5) is 0 Å². The number of aromatic hydroxyl groups is 1. The van der Waals surface area contributed by atoms with Crippen molar-refractivity contribution in [3.8, 4) is 16.9 Å². The molecule has 1 heterocycles. The number of nitrogens with zero attached hydrogens (tertiary/aromatic N) is 1. The summed E-state index contributed by atoms with van der Waals surface area (Å²) in [6, 6.07) is 11.1. The Morgan fingerprint density at radius 1 is 1.08 bits per heavy atom. The molecular weight excluding hydrogens is 162 g/mol. The lowest BCUT2D eigenvalue weighted by atomic mass is 10.1. The molecule has 13 heavy (non-hydrogen) atoms. The second-order valence-electron chi connectivity index (χ2n) is 2.68. The first-order valence-corrected chi connectivity index (χ1v) is 3.99. The summed E-state index contributed by atoms with van der Waals surface area (Å²) in [6.07, 6.45) is 4.27. The largest absolute Gasteiger partial charge is 0.507 e. The van der Waals surface area contributed by atoms with E-state index in [2.05, 4.69) is 11.2 Å². The molecule has 1 aromatic heterocycles. The minimum atomic E-state index is 0.209. The van der Waals surface area contributed by atoms with Crippen molar-refractivity contribution in [2.75, 3.05) is 0 Å². The van der Waals surface area contributed by atoms with E-state index < -0.39 is 0 Å². The van der Waals surface area contributed by atoms with Crippen LogP contribution in [0.1, 0.15) is 0 Å². The zero-order chi connectivity index (χ0) is 9.10. The molecule has 2 nitrogen and oxygen atoms in total. The minimum absolute atomic E-state index is 0.209. The second kappa shape index (κ2) is 3.27. The third-order valence-electron chi connectivity index (χ3n) is 1.80. The van der Waals surface area contributed by atoms with Gasteiger partial charge in [-0.15, -0.1) is 0 Å². The fourth-order valence-electron chi connectivity index (χ4n) is 1.17. The number of rotatable bonds is 1. The summed E-state index contributed by atoms with van der Waals surface area (Å²) in [5, 5.41) is 9.49. The Kier molecular flexibility index (Phi) is 1.96. The molecule has 0 aliphatic rings. The van der Waals surface area contributed by atoms with E-state index in [1.54, 1.807) is 6.07 Å². The standard InChI is InChI=1S/C11H8NO/c13-11-6-7-12-8-10(11)9-4-2-1-3-5-9/h1-7H,(H,12,13). The molecule has 0 fully saturated rings. The molecular formula is C11H8NO. The molecule has 0 aliphatic heterocycles. The van der Waals surface area contributed by atoms with E-state index in [4.69, 9.17) is 0 Å². The van der Waals surface area contributed by atoms with Crippen molar-refractivity contribution in [3.63, 3.8) is 0 Å². The predicted octanol–water partition coefficient (Wildman–Crippen LogP) is 2.25. The van der Waals surface area contributed by atoms with E-state index in [9.17, 15) is 5.11 Å². The van der Waals surface area contributed by atoms with E-state index in [0.717, 1.165) is 5.56 Å². The van der Waals surface area contributed by atoms with Crippen LogP contribution in [0.15, 0.2) is 42.6 Å². The second-order valence-corrected chi connectivity index (χ2v) is 2.68. The van der Waals surface area contributed by atoms with Gasteiger partial charge < -0.3 is 5.11 Å². The summed E-state index contributed by atoms with van der Waals surface area (Å²) >= 11 is 0. The van der Waals surface area contributed by atoms with Crippen LogP contribution in [0.3, 0.4) is 0 Å². The third-order valence-corrected chi connectivity index (χ3v) is 1.80. The first-order chi connectivity index (χ1) is 6.38. The van der Waals surface area contributed by atoms with Gasteiger partial charge in [-0.25, -0.2) is 0 Å². The van der Waals surface area contributed by atoms with Crippen molar-refractivity contribution in [3.05, 3.63) is 48.8 Å². The van der Waals surface area contributed by atoms with Gasteiger partial charge in [-0.2, -0.15) is 0 Å². The van der Waals surface area contributed by atoms with Gasteiger partial charge in [-0.05, 0) is 11.6 Å². The SMILES string of the molecule is Oc1ccn[c]c1-c1ccccc1. The lowest BCUT2D eigenvalue weighted by Crippen LogP contribution is -1.80. The molecule has 1 aromatic carbocycles. The average Bonchev–Trinajstić information content (AvgIpc) is 2.20. The Labute approximate surface area is 76.5 Å². The van der Waals surface area contributed by atoms with Crippen molar-refractivity contribution in [1.29, 1.82) is 0 Å². The average molecular weight is 170 g/mol. The highest BCUT2D eigenvalue weighted by Crippen LogP contribution is 2.26. The molecule has 0 atom stereocenters. The van der Waals surface area contributed by atoms with E-state index in [-0.39, 0.29) is 5.75 Å². The summed E-state index contributed by atoms with van der Waals surface area (Å²) < 4.78 is 0. The summed E-state index contributed by atoms with van der Waals surface area (Å²) in [7, 11) is 0. The van der Waals surface area contributed by atoms with Crippen molar-refractivity contribution >= 4 is 0 Å². The van der Waals surface area contributed by atoms with Crippen molar-refractivity contribution in [2.24, 2.45) is 0 Å². The van der Waals surface area contributed by atoms with Crippen LogP contribution in [-0.2, 0) is 0 Å². The monoisotopic (exact) mass is 170 g/mol. The maximum Gasteiger partial charge on any atom is 0.127 e. The lowest BCUT2D eigenvalue weighted by molar-refractivity contribution is 0.476. The number of hydrogen-bond donors (Lipinski definition) is 1. The summed E-state index contributed by atoms with van der Waals surface area (Å²) in [5.74, 6) is 0.209. The number of benzene rings is 1. The van der Waals surface area contributed by atoms with Crippen LogP contribution < -0.4 is 0 Å². The van der Waals surface area contributed by atoms with Gasteiger partial charge in [0.05, 0.1) is 5.56 Å². The van der Waals surface area contributed by atoms with Crippen molar-refractivity contribution in [1.82, 2.24) is 4.98 Å². The summed E-state index contributed by atoms with van der Waals surface area (Å²) in [4.78, 5) is 3.84. The minimum Gasteiger partial charge on any atom is -0.507 e. The van der Waals surface area contributed by atoms with Gasteiger partial charge >= 0.3 is 0 Å². The molecule has 0 unspecified atom stereocenters. The molecule has 0 saturated carbocycles. The molecule has 2 rings (SSSR count). The fourth-order valence-corrected chi connectivity index (χ4v) is 1.17. The maximum absolute atomic E-state index is 9.49. The number of hydrogen-bond acceptors (Lipinski definition) is 2. The maximum atomic E-state index is 9.49. The molecule has 0 amide bonds. The van der Waals surface area contributed by atoms with Crippen molar-refractivity contribution in [2.45, 2.75) is 0 Å². The Morgan fingerprint density at radius 3 is 2.54 bits per heavy atom. The Bertz CT molecular complexity index is 398. The van der Waals surface area contributed by atoms with Gasteiger partial charge in [0, 0.05) is 6.20 Å². The van der Waals surface area contributed by atoms with E-state index in [1.807, 2.05) is 30.3 Å². The van der Waals surface area contributed by atoms with E-state index in [0.29, 0.717) is 5.56 Å². The quantitative estimate of drug-likeness (QED) is 0.712. The molecule has 2 heteroatoms. The normalized spacial score (nSPS) is 9.85. The first-order valence-electron chi connectivity index (χ1n) is 3.99. The van der Waals surface area contributed by atoms with Crippen LogP contribution >= 0.6 is 0 Å². The highest BCUT2D eigenvalue weighted by atomic mass is 16.3. The summed E-state index contributed by atoms with van der Waals surface area (Å²) in [5.41, 5.74) is 1.57. The fraction of sp³-hybridized carbons (Fsp3) is 0. The predicted molar refractivity (Wildman–Crippen MR) is 50.2 cm³/mol. The van der Waals surface area contributed by atoms with Crippen molar-refractivity contribution < 1.29 is 5.11 Å². The number of aromatic nitrogens is 1. The Balaban J connectivity index is 2.54. The number of pyridine rings is 1. The van der Waals surface area contributed by atoms with Gasteiger partial charge in [-0.1, -0.05) is 30.3 Å². The third kappa shape index (κ3) is 1.51. The van der Waals surface area contributed by atoms with Crippen LogP contribution in [0, 0.1) is 6.20 Å². The first kappa shape index (κ1) is 7.80. The molecule has 0 bridgehead atoms. The zero-order valence-electron chi connectivity index (χ0n) is 6.94.